The quantitative estimate of drug-likeness (QED) is 0.412. The highest BCUT2D eigenvalue weighted by molar-refractivity contribution is 5.87. The van der Waals surface area contributed by atoms with Gasteiger partial charge in [0, 0.05) is 17.8 Å². The number of nitro benzene ring substituents is 1. The molecule has 0 aliphatic heterocycles. The Hall–Kier alpha value is -4.27. The van der Waals surface area contributed by atoms with Crippen LogP contribution in [-0.4, -0.2) is 26.0 Å². The maximum absolute atomic E-state index is 12.3. The van der Waals surface area contributed by atoms with Gasteiger partial charge in [-0.15, -0.1) is 15.0 Å². The van der Waals surface area contributed by atoms with Gasteiger partial charge in [-0.1, -0.05) is 18.2 Å². The number of ether oxygens (including phenoxy) is 1. The topological polar surface area (TPSA) is 112 Å². The predicted molar refractivity (Wildman–Crippen MR) is 106 cm³/mol. The number of aromatic nitrogens is 3. The molecule has 0 fully saturated rings. The molecule has 4 rings (SSSR count). The van der Waals surface area contributed by atoms with E-state index in [1.807, 2.05) is 37.3 Å². The standard InChI is InChI=1S/C20H15N5O4/c1-13-6-11-19(18(12-13)24-22-16-4-2-3-5-17(16)23-24)29-20(26)21-14-7-9-15(10-8-14)25(27)28/h2-12H,1H3,(H,21,26). The van der Waals surface area contributed by atoms with Crippen LogP contribution in [0.3, 0.4) is 0 Å². The number of amides is 1. The molecule has 9 heteroatoms. The molecule has 0 spiro atoms. The minimum Gasteiger partial charge on any atom is -0.408 e. The van der Waals surface area contributed by atoms with E-state index in [9.17, 15) is 14.9 Å². The maximum Gasteiger partial charge on any atom is 0.417 e. The van der Waals surface area contributed by atoms with E-state index in [1.165, 1.54) is 29.1 Å². The molecule has 0 atom stereocenters. The highest BCUT2D eigenvalue weighted by Crippen LogP contribution is 2.25. The van der Waals surface area contributed by atoms with Gasteiger partial charge in [0.05, 0.1) is 4.92 Å². The van der Waals surface area contributed by atoms with Crippen LogP contribution >= 0.6 is 0 Å². The lowest BCUT2D eigenvalue weighted by atomic mass is 10.2. The van der Waals surface area contributed by atoms with Gasteiger partial charge in [0.2, 0.25) is 0 Å². The van der Waals surface area contributed by atoms with Gasteiger partial charge in [-0.3, -0.25) is 15.4 Å². The molecule has 4 aromatic rings. The fourth-order valence-corrected chi connectivity index (χ4v) is 2.75. The fraction of sp³-hybridized carbons (Fsp3) is 0.0500. The van der Waals surface area contributed by atoms with Gasteiger partial charge in [0.25, 0.3) is 5.69 Å². The van der Waals surface area contributed by atoms with Crippen LogP contribution < -0.4 is 10.1 Å². The Kier molecular flexibility index (Phi) is 4.62. The van der Waals surface area contributed by atoms with Gasteiger partial charge in [0.1, 0.15) is 16.7 Å². The average molecular weight is 389 g/mol. The maximum atomic E-state index is 12.3. The number of nitrogens with one attached hydrogen (secondary N) is 1. The van der Waals surface area contributed by atoms with E-state index in [1.54, 1.807) is 12.1 Å². The Morgan fingerprint density at radius 1 is 1.03 bits per heavy atom. The minimum absolute atomic E-state index is 0.0680. The third-order valence-electron chi connectivity index (χ3n) is 4.14. The van der Waals surface area contributed by atoms with Crippen LogP contribution in [0.15, 0.2) is 66.7 Å². The first-order valence-electron chi connectivity index (χ1n) is 8.66. The number of hydrogen-bond acceptors (Lipinski definition) is 6. The van der Waals surface area contributed by atoms with Crippen molar-refractivity contribution in [3.05, 3.63) is 82.4 Å². The average Bonchev–Trinajstić information content (AvgIpc) is 3.14. The van der Waals surface area contributed by atoms with E-state index in [2.05, 4.69) is 15.5 Å². The van der Waals surface area contributed by atoms with E-state index < -0.39 is 11.0 Å². The molecule has 0 saturated carbocycles. The van der Waals surface area contributed by atoms with Gasteiger partial charge in [-0.05, 0) is 48.9 Å². The first-order chi connectivity index (χ1) is 14.0. The summed E-state index contributed by atoms with van der Waals surface area (Å²) in [7, 11) is 0. The third-order valence-corrected chi connectivity index (χ3v) is 4.14. The van der Waals surface area contributed by atoms with Gasteiger partial charge in [0.15, 0.2) is 5.75 Å². The highest BCUT2D eigenvalue weighted by Gasteiger charge is 2.14. The number of benzene rings is 3. The van der Waals surface area contributed by atoms with E-state index in [0.29, 0.717) is 11.4 Å². The van der Waals surface area contributed by atoms with Crippen molar-refractivity contribution < 1.29 is 14.5 Å². The first kappa shape index (κ1) is 18.1. The molecule has 0 aliphatic carbocycles. The monoisotopic (exact) mass is 389 g/mol. The molecule has 3 aromatic carbocycles. The van der Waals surface area contributed by atoms with Crippen molar-refractivity contribution in [2.24, 2.45) is 0 Å². The Morgan fingerprint density at radius 2 is 1.69 bits per heavy atom. The molecule has 29 heavy (non-hydrogen) atoms. The van der Waals surface area contributed by atoms with Crippen molar-refractivity contribution in [3.63, 3.8) is 0 Å². The van der Waals surface area contributed by atoms with Crippen LogP contribution in [0.25, 0.3) is 16.7 Å². The van der Waals surface area contributed by atoms with Crippen molar-refractivity contribution in [3.8, 4) is 11.4 Å². The second-order valence-corrected chi connectivity index (χ2v) is 6.27. The van der Waals surface area contributed by atoms with E-state index >= 15 is 0 Å². The van der Waals surface area contributed by atoms with Crippen LogP contribution in [-0.2, 0) is 0 Å². The lowest BCUT2D eigenvalue weighted by Gasteiger charge is -2.11. The SMILES string of the molecule is Cc1ccc(OC(=O)Nc2ccc([N+](=O)[O-])cc2)c(-n2nc3ccccc3n2)c1. The number of nitro groups is 1. The van der Waals surface area contributed by atoms with Crippen LogP contribution in [0, 0.1) is 17.0 Å². The summed E-state index contributed by atoms with van der Waals surface area (Å²) < 4.78 is 5.45. The summed E-state index contributed by atoms with van der Waals surface area (Å²) in [4.78, 5) is 24.0. The highest BCUT2D eigenvalue weighted by atomic mass is 16.6. The summed E-state index contributed by atoms with van der Waals surface area (Å²) >= 11 is 0. The number of carbonyl (C=O) groups is 1. The Bertz CT molecular complexity index is 1180. The molecule has 144 valence electrons. The molecule has 0 unspecified atom stereocenters. The molecule has 0 radical (unpaired) electrons. The smallest absolute Gasteiger partial charge is 0.408 e. The number of carbonyl (C=O) groups excluding carboxylic acids is 1. The van der Waals surface area contributed by atoms with Crippen molar-refractivity contribution in [1.29, 1.82) is 0 Å². The van der Waals surface area contributed by atoms with Crippen LogP contribution in [0.2, 0.25) is 0 Å². The number of anilines is 1. The Balaban J connectivity index is 1.58. The zero-order valence-corrected chi connectivity index (χ0v) is 15.3. The van der Waals surface area contributed by atoms with E-state index in [0.717, 1.165) is 16.6 Å². The number of rotatable bonds is 4. The Labute approximate surface area is 164 Å². The molecular weight excluding hydrogens is 374 g/mol. The number of hydrogen-bond donors (Lipinski definition) is 1. The summed E-state index contributed by atoms with van der Waals surface area (Å²) in [5, 5.41) is 22.1. The molecule has 0 aliphatic rings. The molecule has 0 bridgehead atoms. The van der Waals surface area contributed by atoms with Crippen molar-refractivity contribution in [2.45, 2.75) is 6.92 Å². The summed E-state index contributed by atoms with van der Waals surface area (Å²) in [5.41, 5.74) is 3.20. The third kappa shape index (κ3) is 3.88. The van der Waals surface area contributed by atoms with Gasteiger partial charge in [-0.25, -0.2) is 4.79 Å². The number of nitrogens with zero attached hydrogens (tertiary/aromatic N) is 4. The molecule has 1 N–H and O–H groups in total. The predicted octanol–water partition coefficient (Wildman–Crippen LogP) is 4.25. The molecule has 9 nitrogen and oxygen atoms in total. The van der Waals surface area contributed by atoms with Crippen molar-refractivity contribution >= 4 is 28.5 Å². The minimum atomic E-state index is -0.735. The van der Waals surface area contributed by atoms with E-state index in [-0.39, 0.29) is 11.4 Å². The summed E-state index contributed by atoms with van der Waals surface area (Å²) in [6.07, 6.45) is -0.735. The van der Waals surface area contributed by atoms with Crippen molar-refractivity contribution in [2.75, 3.05) is 5.32 Å². The Morgan fingerprint density at radius 3 is 2.31 bits per heavy atom. The zero-order chi connectivity index (χ0) is 20.4. The second-order valence-electron chi connectivity index (χ2n) is 6.27. The lowest BCUT2D eigenvalue weighted by Crippen LogP contribution is -2.18. The number of aryl methyl sites for hydroxylation is 1. The first-order valence-corrected chi connectivity index (χ1v) is 8.66. The van der Waals surface area contributed by atoms with Gasteiger partial charge in [-0.2, -0.15) is 0 Å². The zero-order valence-electron chi connectivity index (χ0n) is 15.3. The molecule has 1 heterocycles. The van der Waals surface area contributed by atoms with Crippen molar-refractivity contribution in [1.82, 2.24) is 15.0 Å². The summed E-state index contributed by atoms with van der Waals surface area (Å²) in [6, 6.07) is 18.2. The van der Waals surface area contributed by atoms with Crippen LogP contribution in [0.1, 0.15) is 5.56 Å². The fourth-order valence-electron chi connectivity index (χ4n) is 2.75. The molecular formula is C20H15N5O4. The van der Waals surface area contributed by atoms with Crippen LogP contribution in [0.4, 0.5) is 16.2 Å². The molecule has 1 amide bonds. The second kappa shape index (κ2) is 7.39. The number of non-ortho nitro benzene ring substituents is 1. The van der Waals surface area contributed by atoms with Crippen LogP contribution in [0.5, 0.6) is 5.75 Å². The lowest BCUT2D eigenvalue weighted by molar-refractivity contribution is -0.384. The summed E-state index contributed by atoms with van der Waals surface area (Å²) in [5.74, 6) is 0.273. The number of fused-ring (bicyclic) bond motifs is 1. The van der Waals surface area contributed by atoms with Gasteiger partial charge >= 0.3 is 6.09 Å². The molecule has 0 saturated heterocycles. The molecule has 1 aromatic heterocycles. The largest absolute Gasteiger partial charge is 0.417 e. The van der Waals surface area contributed by atoms with Gasteiger partial charge < -0.3 is 4.74 Å². The van der Waals surface area contributed by atoms with E-state index in [4.69, 9.17) is 4.74 Å². The normalized spacial score (nSPS) is 10.7. The summed E-state index contributed by atoms with van der Waals surface area (Å²) in [6.45, 7) is 1.91.